The van der Waals surface area contributed by atoms with E-state index in [4.69, 9.17) is 34.5 Å². The summed E-state index contributed by atoms with van der Waals surface area (Å²) in [6.45, 7) is 9.41. The minimum atomic E-state index is 0. The van der Waals surface area contributed by atoms with Crippen LogP contribution in [0.15, 0.2) is 44.2 Å². The van der Waals surface area contributed by atoms with Crippen LogP contribution in [0.2, 0.25) is 5.02 Å². The molecule has 0 heterocycles. The van der Waals surface area contributed by atoms with Gasteiger partial charge in [-0.1, -0.05) is 78.8 Å². The number of nitrogens with zero attached hydrogens (tertiary/aromatic N) is 4. The van der Waals surface area contributed by atoms with Gasteiger partial charge in [0.2, 0.25) is 11.9 Å². The Balaban J connectivity index is 0. The van der Waals surface area contributed by atoms with E-state index in [9.17, 15) is 0 Å². The predicted octanol–water partition coefficient (Wildman–Crippen LogP) is 6.53. The van der Waals surface area contributed by atoms with E-state index >= 15 is 0 Å². The molecule has 206 valence electrons. The zero-order valence-electron chi connectivity index (χ0n) is 22.1. The van der Waals surface area contributed by atoms with Crippen molar-refractivity contribution in [3.63, 3.8) is 0 Å². The van der Waals surface area contributed by atoms with Crippen molar-refractivity contribution in [2.45, 2.75) is 99.3 Å². The van der Waals surface area contributed by atoms with E-state index in [1.54, 1.807) is 24.3 Å². The molecule has 1 unspecified atom stereocenters. The fourth-order valence-electron chi connectivity index (χ4n) is 2.97. The molecule has 0 amide bonds. The summed E-state index contributed by atoms with van der Waals surface area (Å²) < 4.78 is 0. The summed E-state index contributed by atoms with van der Waals surface area (Å²) in [4.78, 5) is 16.6. The largest absolute Gasteiger partial charge is 0.387 e. The monoisotopic (exact) mass is 522 g/mol. The van der Waals surface area contributed by atoms with Crippen molar-refractivity contribution in [2.24, 2.45) is 48.8 Å². The third-order valence-corrected chi connectivity index (χ3v) is 5.47. The number of guanidine groups is 2. The third-order valence-electron chi connectivity index (χ3n) is 5.21. The van der Waals surface area contributed by atoms with Crippen molar-refractivity contribution in [1.82, 2.24) is 0 Å². The van der Waals surface area contributed by atoms with Crippen LogP contribution in [0, 0.1) is 5.92 Å². The Morgan fingerprint density at radius 3 is 1.75 bits per heavy atom. The molecule has 8 nitrogen and oxygen atoms in total. The van der Waals surface area contributed by atoms with Gasteiger partial charge in [0.1, 0.15) is 11.7 Å². The molecule has 0 saturated carbocycles. The maximum Gasteiger partial charge on any atom is 0.222 e. The maximum absolute atomic E-state index is 5.77. The van der Waals surface area contributed by atoms with Crippen molar-refractivity contribution in [1.29, 1.82) is 0 Å². The zero-order chi connectivity index (χ0) is 26.5. The lowest BCUT2D eigenvalue weighted by atomic mass is 10.00. The predicted molar refractivity (Wildman–Crippen MR) is 162 cm³/mol. The van der Waals surface area contributed by atoms with Gasteiger partial charge in [0.05, 0.1) is 5.69 Å². The minimum absolute atomic E-state index is 0. The van der Waals surface area contributed by atoms with Gasteiger partial charge < -0.3 is 22.9 Å². The Kier molecular flexibility index (Phi) is 22.5. The smallest absolute Gasteiger partial charge is 0.222 e. The van der Waals surface area contributed by atoms with Gasteiger partial charge in [0.25, 0.3) is 0 Å². The van der Waals surface area contributed by atoms with Crippen LogP contribution < -0.4 is 22.9 Å². The summed E-state index contributed by atoms with van der Waals surface area (Å²) in [6.07, 6.45) is 10.7. The summed E-state index contributed by atoms with van der Waals surface area (Å²) in [5.41, 5.74) is 23.6. The molecule has 0 bridgehead atoms. The van der Waals surface area contributed by atoms with E-state index < -0.39 is 0 Å². The van der Waals surface area contributed by atoms with Gasteiger partial charge in [0, 0.05) is 24.4 Å². The van der Waals surface area contributed by atoms with E-state index in [0.717, 1.165) is 51.5 Å². The van der Waals surface area contributed by atoms with Crippen LogP contribution in [-0.4, -0.2) is 30.1 Å². The van der Waals surface area contributed by atoms with E-state index in [0.29, 0.717) is 34.3 Å². The maximum atomic E-state index is 5.77. The highest BCUT2D eigenvalue weighted by Crippen LogP contribution is 2.16. The molecule has 1 atom stereocenters. The lowest BCUT2D eigenvalue weighted by Gasteiger charge is -2.11. The Labute approximate surface area is 224 Å². The molecular formula is C27H51ClN8. The Morgan fingerprint density at radius 1 is 0.778 bits per heavy atom. The highest BCUT2D eigenvalue weighted by Gasteiger charge is 2.05. The summed E-state index contributed by atoms with van der Waals surface area (Å²) in [6, 6.07) is 7.04. The molecule has 36 heavy (non-hydrogen) atoms. The molecule has 1 rings (SSSR count). The molecule has 0 aliphatic carbocycles. The molecule has 0 radical (unpaired) electrons. The molecule has 0 aliphatic heterocycles. The molecule has 1 aromatic carbocycles. The quantitative estimate of drug-likeness (QED) is 0.171. The van der Waals surface area contributed by atoms with Crippen LogP contribution in [0.1, 0.15) is 99.3 Å². The number of hydrogen-bond donors (Lipinski definition) is 4. The Hall–Kier alpha value is -2.61. The number of aliphatic imine (C=N–C) groups is 4. The summed E-state index contributed by atoms with van der Waals surface area (Å²) >= 11 is 5.76. The first-order chi connectivity index (χ1) is 16.7. The molecule has 9 heteroatoms. The van der Waals surface area contributed by atoms with E-state index in [1.807, 2.05) is 0 Å². The molecule has 1 aromatic rings. The molecule has 0 aliphatic rings. The summed E-state index contributed by atoms with van der Waals surface area (Å²) in [7, 11) is 0. The van der Waals surface area contributed by atoms with Crippen LogP contribution in [0.5, 0.6) is 0 Å². The van der Waals surface area contributed by atoms with Crippen molar-refractivity contribution in [3.05, 3.63) is 29.3 Å². The standard InChI is InChI=1S/C14H30N4.C12H17ClN4.CH4/c1-4-7-9-12(6-3)11-17-14(16)18-13(15)10-8-5-2;1-2-3-4-11(14)17-12(15)16-10-7-5-9(13)6-8-10;/h12H,4-11H2,1-3H3,(H4,15,16,17,18);5-8H,2-4H2,1H3,(H4,14,15,16,17);1H4. The van der Waals surface area contributed by atoms with Gasteiger partial charge in [-0.25, -0.2) is 15.0 Å². The lowest BCUT2D eigenvalue weighted by Crippen LogP contribution is -2.19. The molecule has 0 spiro atoms. The van der Waals surface area contributed by atoms with Crippen molar-refractivity contribution < 1.29 is 0 Å². The fraction of sp³-hybridized carbons (Fsp3) is 0.630. The number of halogens is 1. The average Bonchev–Trinajstić information content (AvgIpc) is 2.83. The zero-order valence-corrected chi connectivity index (χ0v) is 22.9. The number of hydrogen-bond acceptors (Lipinski definition) is 2. The lowest BCUT2D eigenvalue weighted by molar-refractivity contribution is 0.462. The van der Waals surface area contributed by atoms with E-state index in [-0.39, 0.29) is 13.4 Å². The van der Waals surface area contributed by atoms with Gasteiger partial charge in [-0.2, -0.15) is 0 Å². The van der Waals surface area contributed by atoms with Crippen molar-refractivity contribution in [2.75, 3.05) is 6.54 Å². The number of unbranched alkanes of at least 4 members (excludes halogenated alkanes) is 3. The van der Waals surface area contributed by atoms with Gasteiger partial charge in [-0.3, -0.25) is 4.99 Å². The second kappa shape index (κ2) is 22.8. The number of amidine groups is 2. The first-order valence-electron chi connectivity index (χ1n) is 12.8. The van der Waals surface area contributed by atoms with Crippen molar-refractivity contribution >= 4 is 40.9 Å². The van der Waals surface area contributed by atoms with Gasteiger partial charge >= 0.3 is 0 Å². The van der Waals surface area contributed by atoms with Crippen LogP contribution in [0.3, 0.4) is 0 Å². The van der Waals surface area contributed by atoms with Gasteiger partial charge in [-0.15, -0.1) is 0 Å². The van der Waals surface area contributed by atoms with Crippen LogP contribution in [0.25, 0.3) is 0 Å². The van der Waals surface area contributed by atoms with Crippen LogP contribution >= 0.6 is 11.6 Å². The molecule has 0 aromatic heterocycles. The van der Waals surface area contributed by atoms with Gasteiger partial charge in [-0.05, 0) is 49.4 Å². The first kappa shape index (κ1) is 35.6. The van der Waals surface area contributed by atoms with E-state index in [2.05, 4.69) is 47.7 Å². The molecule has 0 saturated heterocycles. The second-order valence-electron chi connectivity index (χ2n) is 8.48. The SMILES string of the molecule is C.CCCCC(N)=NC(N)=NCC(CC)CCCC.CCCCC(N)=NC(N)=Nc1ccc(Cl)cc1. The van der Waals surface area contributed by atoms with Crippen LogP contribution in [0.4, 0.5) is 5.69 Å². The minimum Gasteiger partial charge on any atom is -0.387 e. The first-order valence-corrected chi connectivity index (χ1v) is 13.2. The number of benzene rings is 1. The number of nitrogens with two attached hydrogens (primary N) is 4. The normalized spacial score (nSPS) is 13.5. The van der Waals surface area contributed by atoms with Crippen LogP contribution in [-0.2, 0) is 0 Å². The average molecular weight is 523 g/mol. The number of rotatable bonds is 13. The molecule has 0 fully saturated rings. The Morgan fingerprint density at radius 2 is 1.28 bits per heavy atom. The topological polar surface area (TPSA) is 154 Å². The summed E-state index contributed by atoms with van der Waals surface area (Å²) in [5.74, 6) is 2.23. The van der Waals surface area contributed by atoms with Gasteiger partial charge in [0.15, 0.2) is 0 Å². The summed E-state index contributed by atoms with van der Waals surface area (Å²) in [5, 5.41) is 0.661. The highest BCUT2D eigenvalue weighted by atomic mass is 35.5. The second-order valence-corrected chi connectivity index (χ2v) is 8.91. The Bertz CT molecular complexity index is 800. The van der Waals surface area contributed by atoms with E-state index in [1.165, 1.54) is 19.3 Å². The highest BCUT2D eigenvalue weighted by molar-refractivity contribution is 6.30. The molecule has 8 N–H and O–H groups in total. The third kappa shape index (κ3) is 19.7. The van der Waals surface area contributed by atoms with Crippen molar-refractivity contribution in [3.8, 4) is 0 Å². The fourth-order valence-corrected chi connectivity index (χ4v) is 3.10. The molecular weight excluding hydrogens is 472 g/mol.